The first-order valence-electron chi connectivity index (χ1n) is 5.64. The first-order chi connectivity index (χ1) is 7.77. The van der Waals surface area contributed by atoms with Gasteiger partial charge in [-0.3, -0.25) is 0 Å². The minimum atomic E-state index is -0.569. The lowest BCUT2D eigenvalue weighted by Gasteiger charge is -2.21. The molecule has 1 fully saturated rings. The molecule has 1 aliphatic rings. The number of hydrogen-bond donors (Lipinski definition) is 2. The molecule has 1 aromatic rings. The van der Waals surface area contributed by atoms with Crippen LogP contribution in [0.15, 0.2) is 30.3 Å². The van der Waals surface area contributed by atoms with E-state index in [-0.39, 0.29) is 24.5 Å². The van der Waals surface area contributed by atoms with Crippen molar-refractivity contribution in [1.82, 2.24) is 0 Å². The molecule has 4 atom stereocenters. The molecule has 2 rings (SSSR count). The lowest BCUT2D eigenvalue weighted by atomic mass is 9.95. The number of benzene rings is 1. The van der Waals surface area contributed by atoms with Crippen LogP contribution in [-0.2, 0) is 4.74 Å². The second kappa shape index (κ2) is 4.95. The van der Waals surface area contributed by atoms with Crippen molar-refractivity contribution in [2.75, 3.05) is 13.7 Å². The summed E-state index contributed by atoms with van der Waals surface area (Å²) < 4.78 is 5.36. The summed E-state index contributed by atoms with van der Waals surface area (Å²) in [5.41, 5.74) is 1.17. The molecule has 0 aromatic heterocycles. The fourth-order valence-corrected chi connectivity index (χ4v) is 2.62. The summed E-state index contributed by atoms with van der Waals surface area (Å²) in [5, 5.41) is 19.2. The van der Waals surface area contributed by atoms with Crippen molar-refractivity contribution in [3.63, 3.8) is 0 Å². The molecule has 0 amide bonds. The molecule has 0 bridgehead atoms. The number of aliphatic hydroxyl groups is 2. The average molecular weight is 222 g/mol. The Morgan fingerprint density at radius 1 is 1.31 bits per heavy atom. The average Bonchev–Trinajstić information content (AvgIpc) is 2.66. The molecular weight excluding hydrogens is 204 g/mol. The van der Waals surface area contributed by atoms with Crippen LogP contribution in [0.1, 0.15) is 17.9 Å². The predicted octanol–water partition coefficient (Wildman–Crippen LogP) is 1.16. The third kappa shape index (κ3) is 1.98. The highest BCUT2D eigenvalue weighted by molar-refractivity contribution is 5.23. The molecule has 0 radical (unpaired) electrons. The van der Waals surface area contributed by atoms with Gasteiger partial charge in [-0.05, 0) is 12.0 Å². The van der Waals surface area contributed by atoms with E-state index < -0.39 is 6.10 Å². The van der Waals surface area contributed by atoms with Gasteiger partial charge in [-0.15, -0.1) is 0 Å². The zero-order valence-electron chi connectivity index (χ0n) is 9.41. The third-order valence-electron chi connectivity index (χ3n) is 3.51. The van der Waals surface area contributed by atoms with E-state index in [1.165, 1.54) is 5.56 Å². The van der Waals surface area contributed by atoms with Crippen molar-refractivity contribution >= 4 is 0 Å². The fourth-order valence-electron chi connectivity index (χ4n) is 2.62. The van der Waals surface area contributed by atoms with Gasteiger partial charge in [-0.25, -0.2) is 0 Å². The van der Waals surface area contributed by atoms with Crippen LogP contribution in [0, 0.1) is 5.92 Å². The molecule has 0 heterocycles. The highest BCUT2D eigenvalue weighted by Gasteiger charge is 2.42. The molecule has 0 unspecified atom stereocenters. The smallest absolute Gasteiger partial charge is 0.0902 e. The highest BCUT2D eigenvalue weighted by atomic mass is 16.5. The summed E-state index contributed by atoms with van der Waals surface area (Å²) in [4.78, 5) is 0. The first-order valence-corrected chi connectivity index (χ1v) is 5.64. The minimum absolute atomic E-state index is 0.0182. The quantitative estimate of drug-likeness (QED) is 0.807. The molecular formula is C13H18O3. The number of methoxy groups -OCH3 is 1. The summed E-state index contributed by atoms with van der Waals surface area (Å²) in [6.45, 7) is 0.0182. The van der Waals surface area contributed by atoms with Crippen molar-refractivity contribution in [1.29, 1.82) is 0 Å². The normalized spacial score (nSPS) is 34.2. The van der Waals surface area contributed by atoms with Crippen LogP contribution >= 0.6 is 0 Å². The molecule has 3 heteroatoms. The second-order valence-corrected chi connectivity index (χ2v) is 4.39. The van der Waals surface area contributed by atoms with Crippen molar-refractivity contribution in [2.24, 2.45) is 5.92 Å². The molecule has 1 aromatic carbocycles. The zero-order valence-corrected chi connectivity index (χ0v) is 9.41. The molecule has 0 spiro atoms. The predicted molar refractivity (Wildman–Crippen MR) is 61.2 cm³/mol. The van der Waals surface area contributed by atoms with Gasteiger partial charge in [-0.1, -0.05) is 30.3 Å². The largest absolute Gasteiger partial charge is 0.396 e. The van der Waals surface area contributed by atoms with Crippen LogP contribution in [0.3, 0.4) is 0 Å². The lowest BCUT2D eigenvalue weighted by molar-refractivity contribution is -0.0226. The van der Waals surface area contributed by atoms with Crippen molar-refractivity contribution in [3.05, 3.63) is 35.9 Å². The van der Waals surface area contributed by atoms with E-state index in [2.05, 4.69) is 0 Å². The Bertz CT molecular complexity index is 325. The van der Waals surface area contributed by atoms with E-state index in [1.54, 1.807) is 7.11 Å². The van der Waals surface area contributed by atoms with Crippen LogP contribution in [-0.4, -0.2) is 36.1 Å². The van der Waals surface area contributed by atoms with E-state index in [0.29, 0.717) is 0 Å². The van der Waals surface area contributed by atoms with Gasteiger partial charge < -0.3 is 14.9 Å². The van der Waals surface area contributed by atoms with Gasteiger partial charge in [0.15, 0.2) is 0 Å². The highest BCUT2D eigenvalue weighted by Crippen LogP contribution is 2.40. The lowest BCUT2D eigenvalue weighted by Crippen LogP contribution is -2.30. The monoisotopic (exact) mass is 222 g/mol. The van der Waals surface area contributed by atoms with E-state index in [1.807, 2.05) is 30.3 Å². The SMILES string of the molecule is CO[C@H]1[C@@H](O)[C@H](CO)C[C@@H]1c1ccccc1. The molecule has 1 saturated carbocycles. The number of hydrogen-bond acceptors (Lipinski definition) is 3. The second-order valence-electron chi connectivity index (χ2n) is 4.39. The maximum atomic E-state index is 10.00. The van der Waals surface area contributed by atoms with Gasteiger partial charge in [-0.2, -0.15) is 0 Å². The molecule has 1 aliphatic carbocycles. The van der Waals surface area contributed by atoms with Crippen molar-refractivity contribution in [3.8, 4) is 0 Å². The van der Waals surface area contributed by atoms with Crippen LogP contribution in [0.4, 0.5) is 0 Å². The maximum absolute atomic E-state index is 10.00. The third-order valence-corrected chi connectivity index (χ3v) is 3.51. The molecule has 3 nitrogen and oxygen atoms in total. The Morgan fingerprint density at radius 2 is 2.00 bits per heavy atom. The van der Waals surface area contributed by atoms with Crippen molar-refractivity contribution < 1.29 is 14.9 Å². The van der Waals surface area contributed by atoms with E-state index in [0.717, 1.165) is 6.42 Å². The van der Waals surface area contributed by atoms with Crippen LogP contribution < -0.4 is 0 Å². The summed E-state index contributed by atoms with van der Waals surface area (Å²) >= 11 is 0. The molecule has 88 valence electrons. The molecule has 2 N–H and O–H groups in total. The van der Waals surface area contributed by atoms with Crippen LogP contribution in [0.25, 0.3) is 0 Å². The van der Waals surface area contributed by atoms with E-state index in [4.69, 9.17) is 4.74 Å². The van der Waals surface area contributed by atoms with Gasteiger partial charge in [0.05, 0.1) is 12.2 Å². The standard InChI is InChI=1S/C13H18O3/c1-16-13-11(7-10(8-14)12(13)15)9-5-3-2-4-6-9/h2-6,10-15H,7-8H2,1H3/t10-,11+,12-,13+/m0/s1. The van der Waals surface area contributed by atoms with Gasteiger partial charge in [0.1, 0.15) is 0 Å². The minimum Gasteiger partial charge on any atom is -0.396 e. The van der Waals surface area contributed by atoms with Gasteiger partial charge in [0.25, 0.3) is 0 Å². The van der Waals surface area contributed by atoms with Gasteiger partial charge in [0, 0.05) is 25.6 Å². The van der Waals surface area contributed by atoms with Crippen LogP contribution in [0.5, 0.6) is 0 Å². The Balaban J connectivity index is 2.22. The molecule has 0 saturated heterocycles. The number of rotatable bonds is 3. The van der Waals surface area contributed by atoms with Gasteiger partial charge >= 0.3 is 0 Å². The fraction of sp³-hybridized carbons (Fsp3) is 0.538. The van der Waals surface area contributed by atoms with E-state index in [9.17, 15) is 10.2 Å². The Morgan fingerprint density at radius 3 is 2.56 bits per heavy atom. The number of ether oxygens (including phenoxy) is 1. The topological polar surface area (TPSA) is 49.7 Å². The summed E-state index contributed by atoms with van der Waals surface area (Å²) in [6, 6.07) is 10.0. The zero-order chi connectivity index (χ0) is 11.5. The Hall–Kier alpha value is -0.900. The van der Waals surface area contributed by atoms with Gasteiger partial charge in [0.2, 0.25) is 0 Å². The Kier molecular flexibility index (Phi) is 3.59. The Labute approximate surface area is 95.7 Å². The summed E-state index contributed by atoms with van der Waals surface area (Å²) in [7, 11) is 1.61. The van der Waals surface area contributed by atoms with E-state index >= 15 is 0 Å². The summed E-state index contributed by atoms with van der Waals surface area (Å²) in [6.07, 6.45) is -0.0000406. The number of aliphatic hydroxyl groups excluding tert-OH is 2. The molecule has 0 aliphatic heterocycles. The maximum Gasteiger partial charge on any atom is 0.0902 e. The summed E-state index contributed by atoms with van der Waals surface area (Å²) in [5.74, 6) is 0.105. The first kappa shape index (κ1) is 11.6. The van der Waals surface area contributed by atoms with Crippen LogP contribution in [0.2, 0.25) is 0 Å². The molecule has 16 heavy (non-hydrogen) atoms. The van der Waals surface area contributed by atoms with Crippen molar-refractivity contribution in [2.45, 2.75) is 24.5 Å².